The van der Waals surface area contributed by atoms with Crippen molar-refractivity contribution in [2.24, 2.45) is 5.73 Å². The van der Waals surface area contributed by atoms with E-state index in [4.69, 9.17) is 17.3 Å². The van der Waals surface area contributed by atoms with Crippen LogP contribution >= 0.6 is 11.6 Å². The summed E-state index contributed by atoms with van der Waals surface area (Å²) >= 11 is 6.13. The van der Waals surface area contributed by atoms with Crippen LogP contribution < -0.4 is 10.6 Å². The molecule has 0 fully saturated rings. The Hall–Kier alpha value is -1.58. The number of aromatic nitrogens is 1. The van der Waals surface area contributed by atoms with Gasteiger partial charge in [-0.25, -0.2) is 0 Å². The summed E-state index contributed by atoms with van der Waals surface area (Å²) in [6, 6.07) is 9.89. The Morgan fingerprint density at radius 3 is 2.71 bits per heavy atom. The molecule has 4 heteroatoms. The monoisotopic (exact) mass is 247 g/mol. The highest BCUT2D eigenvalue weighted by atomic mass is 35.5. The quantitative estimate of drug-likeness (QED) is 0.907. The largest absolute Gasteiger partial charge is 0.343 e. The standard InChI is InChI=1S/C13H14ClN3/c1-17(13-6-7-16-9-11(13)14)12-5-3-2-4-10(12)8-15/h2-7,9H,8,15H2,1H3. The molecule has 0 atom stereocenters. The maximum absolute atomic E-state index is 6.13. The molecule has 1 heterocycles. The fourth-order valence-electron chi connectivity index (χ4n) is 1.78. The summed E-state index contributed by atoms with van der Waals surface area (Å²) in [4.78, 5) is 6.00. The number of hydrogen-bond donors (Lipinski definition) is 1. The molecule has 0 unspecified atom stereocenters. The Kier molecular flexibility index (Phi) is 3.61. The van der Waals surface area contributed by atoms with E-state index in [1.807, 2.05) is 42.3 Å². The van der Waals surface area contributed by atoms with Gasteiger partial charge in [-0.1, -0.05) is 29.8 Å². The summed E-state index contributed by atoms with van der Waals surface area (Å²) in [5.74, 6) is 0. The SMILES string of the molecule is CN(c1ccncc1Cl)c1ccccc1CN. The van der Waals surface area contributed by atoms with Gasteiger partial charge in [-0.15, -0.1) is 0 Å². The molecule has 0 amide bonds. The van der Waals surface area contributed by atoms with Crippen LogP contribution in [0.15, 0.2) is 42.7 Å². The molecular weight excluding hydrogens is 234 g/mol. The minimum Gasteiger partial charge on any atom is -0.343 e. The van der Waals surface area contributed by atoms with Crippen molar-refractivity contribution in [2.75, 3.05) is 11.9 Å². The van der Waals surface area contributed by atoms with Crippen molar-refractivity contribution in [3.8, 4) is 0 Å². The summed E-state index contributed by atoms with van der Waals surface area (Å²) < 4.78 is 0. The van der Waals surface area contributed by atoms with E-state index in [2.05, 4.69) is 4.98 Å². The number of para-hydroxylation sites is 1. The first kappa shape index (κ1) is 11.9. The molecule has 2 aromatic rings. The topological polar surface area (TPSA) is 42.2 Å². The van der Waals surface area contributed by atoms with Gasteiger partial charge in [0.05, 0.1) is 10.7 Å². The number of rotatable bonds is 3. The molecular formula is C13H14ClN3. The second-order valence-corrected chi connectivity index (χ2v) is 4.13. The predicted octanol–water partition coefficient (Wildman–Crippen LogP) is 2.96. The van der Waals surface area contributed by atoms with Gasteiger partial charge in [-0.2, -0.15) is 0 Å². The Morgan fingerprint density at radius 1 is 1.24 bits per heavy atom. The molecule has 0 saturated heterocycles. The lowest BCUT2D eigenvalue weighted by Gasteiger charge is -2.22. The van der Waals surface area contributed by atoms with Crippen molar-refractivity contribution in [1.29, 1.82) is 0 Å². The molecule has 2 rings (SSSR count). The summed E-state index contributed by atoms with van der Waals surface area (Å²) in [5.41, 5.74) is 8.80. The fourth-order valence-corrected chi connectivity index (χ4v) is 2.03. The number of pyridine rings is 1. The molecule has 0 aliphatic heterocycles. The number of nitrogens with two attached hydrogens (primary N) is 1. The molecule has 17 heavy (non-hydrogen) atoms. The molecule has 1 aromatic carbocycles. The third kappa shape index (κ3) is 2.40. The van der Waals surface area contributed by atoms with Crippen molar-refractivity contribution in [2.45, 2.75) is 6.54 Å². The van der Waals surface area contributed by atoms with Crippen LogP contribution in [-0.2, 0) is 6.54 Å². The van der Waals surface area contributed by atoms with Gasteiger partial charge in [-0.05, 0) is 17.7 Å². The van der Waals surface area contributed by atoms with Crippen molar-refractivity contribution >= 4 is 23.0 Å². The lowest BCUT2D eigenvalue weighted by Crippen LogP contribution is -2.13. The van der Waals surface area contributed by atoms with Crippen LogP contribution in [0.1, 0.15) is 5.56 Å². The van der Waals surface area contributed by atoms with Gasteiger partial charge in [0.15, 0.2) is 0 Å². The van der Waals surface area contributed by atoms with E-state index < -0.39 is 0 Å². The highest BCUT2D eigenvalue weighted by Crippen LogP contribution is 2.31. The second-order valence-electron chi connectivity index (χ2n) is 3.72. The van der Waals surface area contributed by atoms with Gasteiger partial charge in [0.2, 0.25) is 0 Å². The van der Waals surface area contributed by atoms with E-state index >= 15 is 0 Å². The molecule has 2 N–H and O–H groups in total. The normalized spacial score (nSPS) is 10.3. The lowest BCUT2D eigenvalue weighted by atomic mass is 10.1. The number of hydrogen-bond acceptors (Lipinski definition) is 3. The molecule has 88 valence electrons. The van der Waals surface area contributed by atoms with Crippen LogP contribution in [0.25, 0.3) is 0 Å². The summed E-state index contributed by atoms with van der Waals surface area (Å²) in [5, 5.41) is 0.627. The molecule has 0 radical (unpaired) electrons. The van der Waals surface area contributed by atoms with Crippen molar-refractivity contribution in [1.82, 2.24) is 4.98 Å². The van der Waals surface area contributed by atoms with Gasteiger partial charge in [0.25, 0.3) is 0 Å². The number of nitrogens with zero attached hydrogens (tertiary/aromatic N) is 2. The first-order valence-corrected chi connectivity index (χ1v) is 5.73. The fraction of sp³-hybridized carbons (Fsp3) is 0.154. The number of halogens is 1. The van der Waals surface area contributed by atoms with Gasteiger partial charge < -0.3 is 10.6 Å². The molecule has 0 aliphatic carbocycles. The predicted molar refractivity (Wildman–Crippen MR) is 71.6 cm³/mol. The van der Waals surface area contributed by atoms with E-state index in [1.54, 1.807) is 12.4 Å². The van der Waals surface area contributed by atoms with Crippen molar-refractivity contribution in [3.05, 3.63) is 53.3 Å². The Bertz CT molecular complexity index is 514. The van der Waals surface area contributed by atoms with E-state index in [1.165, 1.54) is 0 Å². The van der Waals surface area contributed by atoms with E-state index in [-0.39, 0.29) is 0 Å². The minimum atomic E-state index is 0.503. The second kappa shape index (κ2) is 5.17. The molecule has 3 nitrogen and oxygen atoms in total. The van der Waals surface area contributed by atoms with Gasteiger partial charge in [0.1, 0.15) is 0 Å². The molecule has 1 aromatic heterocycles. The number of benzene rings is 1. The maximum atomic E-state index is 6.13. The third-order valence-electron chi connectivity index (χ3n) is 2.69. The smallest absolute Gasteiger partial charge is 0.0826 e. The Morgan fingerprint density at radius 2 is 2.00 bits per heavy atom. The lowest BCUT2D eigenvalue weighted by molar-refractivity contribution is 1.04. The zero-order valence-electron chi connectivity index (χ0n) is 9.60. The average Bonchev–Trinajstić information content (AvgIpc) is 2.38. The summed E-state index contributed by atoms with van der Waals surface area (Å²) in [6.07, 6.45) is 3.36. The van der Waals surface area contributed by atoms with Crippen LogP contribution in [-0.4, -0.2) is 12.0 Å². The van der Waals surface area contributed by atoms with E-state index in [0.29, 0.717) is 11.6 Å². The molecule has 0 bridgehead atoms. The van der Waals surface area contributed by atoms with Gasteiger partial charge >= 0.3 is 0 Å². The summed E-state index contributed by atoms with van der Waals surface area (Å²) in [7, 11) is 1.97. The Balaban J connectivity index is 2.44. The average molecular weight is 248 g/mol. The van der Waals surface area contributed by atoms with Crippen LogP contribution in [0.4, 0.5) is 11.4 Å². The van der Waals surface area contributed by atoms with Crippen LogP contribution in [0.3, 0.4) is 0 Å². The van der Waals surface area contributed by atoms with Crippen LogP contribution in [0.5, 0.6) is 0 Å². The first-order valence-electron chi connectivity index (χ1n) is 5.35. The number of anilines is 2. The third-order valence-corrected chi connectivity index (χ3v) is 2.98. The van der Waals surface area contributed by atoms with E-state index in [9.17, 15) is 0 Å². The van der Waals surface area contributed by atoms with E-state index in [0.717, 1.165) is 16.9 Å². The minimum absolute atomic E-state index is 0.503. The molecule has 0 aliphatic rings. The zero-order chi connectivity index (χ0) is 12.3. The van der Waals surface area contributed by atoms with Crippen LogP contribution in [0, 0.1) is 0 Å². The highest BCUT2D eigenvalue weighted by molar-refractivity contribution is 6.33. The van der Waals surface area contributed by atoms with Crippen LogP contribution in [0.2, 0.25) is 5.02 Å². The zero-order valence-corrected chi connectivity index (χ0v) is 10.4. The highest BCUT2D eigenvalue weighted by Gasteiger charge is 2.10. The van der Waals surface area contributed by atoms with Gasteiger partial charge in [-0.3, -0.25) is 4.98 Å². The molecule has 0 spiro atoms. The summed E-state index contributed by atoms with van der Waals surface area (Å²) in [6.45, 7) is 0.503. The Labute approximate surface area is 106 Å². The van der Waals surface area contributed by atoms with Gasteiger partial charge in [0, 0.05) is 31.7 Å². The maximum Gasteiger partial charge on any atom is 0.0826 e. The van der Waals surface area contributed by atoms with Crippen molar-refractivity contribution < 1.29 is 0 Å². The van der Waals surface area contributed by atoms with Crippen molar-refractivity contribution in [3.63, 3.8) is 0 Å². The molecule has 0 saturated carbocycles. The first-order chi connectivity index (χ1) is 8.24.